The van der Waals surface area contributed by atoms with Crippen LogP contribution in [0.25, 0.3) is 0 Å². The highest BCUT2D eigenvalue weighted by atomic mass is 32.2. The van der Waals surface area contributed by atoms with E-state index in [9.17, 15) is 4.79 Å². The van der Waals surface area contributed by atoms with E-state index in [1.165, 1.54) is 11.8 Å². The molecule has 6 nitrogen and oxygen atoms in total. The fourth-order valence-electron chi connectivity index (χ4n) is 3.23. The average molecular weight is 425 g/mol. The van der Waals surface area contributed by atoms with Crippen LogP contribution in [0.5, 0.6) is 5.75 Å². The van der Waals surface area contributed by atoms with E-state index < -0.39 is 0 Å². The fourth-order valence-corrected chi connectivity index (χ4v) is 4.04. The predicted molar refractivity (Wildman–Crippen MR) is 121 cm³/mol. The molecule has 30 heavy (non-hydrogen) atoms. The van der Waals surface area contributed by atoms with E-state index in [2.05, 4.69) is 35.4 Å². The third-order valence-electron chi connectivity index (χ3n) is 4.60. The number of nitrogens with zero attached hydrogens (tertiary/aromatic N) is 3. The van der Waals surface area contributed by atoms with Crippen molar-refractivity contribution < 1.29 is 9.53 Å². The predicted octanol–water partition coefficient (Wildman–Crippen LogP) is 5.09. The Morgan fingerprint density at radius 1 is 1.07 bits per heavy atom. The first kappa shape index (κ1) is 21.9. The van der Waals surface area contributed by atoms with Crippen LogP contribution in [-0.4, -0.2) is 26.4 Å². The second-order valence-electron chi connectivity index (χ2n) is 7.37. The number of amides is 1. The van der Waals surface area contributed by atoms with E-state index in [-0.39, 0.29) is 17.8 Å². The number of aryl methyl sites for hydroxylation is 3. The van der Waals surface area contributed by atoms with E-state index in [1.807, 2.05) is 61.7 Å². The van der Waals surface area contributed by atoms with Crippen molar-refractivity contribution in [3.8, 4) is 5.75 Å². The van der Waals surface area contributed by atoms with Gasteiger partial charge in [-0.1, -0.05) is 35.5 Å². The van der Waals surface area contributed by atoms with Gasteiger partial charge in [0.2, 0.25) is 5.91 Å². The molecule has 0 spiro atoms. The maximum absolute atomic E-state index is 12.3. The zero-order chi connectivity index (χ0) is 21.7. The Labute approximate surface area is 182 Å². The van der Waals surface area contributed by atoms with Crippen LogP contribution in [0.2, 0.25) is 0 Å². The first-order valence-corrected chi connectivity index (χ1v) is 11.0. The van der Waals surface area contributed by atoms with Gasteiger partial charge in [0.15, 0.2) is 17.1 Å². The lowest BCUT2D eigenvalue weighted by atomic mass is 10.1. The molecule has 1 amide bonds. The third kappa shape index (κ3) is 5.63. The van der Waals surface area contributed by atoms with Gasteiger partial charge in [0.05, 0.1) is 5.75 Å². The summed E-state index contributed by atoms with van der Waals surface area (Å²) in [6, 6.07) is 13.9. The molecular weight excluding hydrogens is 396 g/mol. The van der Waals surface area contributed by atoms with Crippen molar-refractivity contribution in [3.63, 3.8) is 0 Å². The van der Waals surface area contributed by atoms with Crippen molar-refractivity contribution in [2.75, 3.05) is 11.1 Å². The zero-order valence-electron chi connectivity index (χ0n) is 18.1. The monoisotopic (exact) mass is 424 g/mol. The highest BCUT2D eigenvalue weighted by molar-refractivity contribution is 7.99. The van der Waals surface area contributed by atoms with Gasteiger partial charge in [-0.2, -0.15) is 0 Å². The van der Waals surface area contributed by atoms with Gasteiger partial charge in [-0.25, -0.2) is 0 Å². The Balaban J connectivity index is 1.64. The van der Waals surface area contributed by atoms with Crippen LogP contribution in [0, 0.1) is 20.8 Å². The molecule has 1 N–H and O–H groups in total. The van der Waals surface area contributed by atoms with Crippen LogP contribution in [0.3, 0.4) is 0 Å². The van der Waals surface area contributed by atoms with Crippen molar-refractivity contribution >= 4 is 23.4 Å². The standard InChI is InChI=1S/C23H28N4O2S/c1-6-27-22(18(5)29-20-12-16(3)11-17(4)13-20)25-26-23(27)30-14-21(28)24-19-9-7-15(2)8-10-19/h7-13,18H,6,14H2,1-5H3,(H,24,28). The van der Waals surface area contributed by atoms with Crippen LogP contribution < -0.4 is 10.1 Å². The van der Waals surface area contributed by atoms with Crippen molar-refractivity contribution in [1.82, 2.24) is 14.8 Å². The smallest absolute Gasteiger partial charge is 0.234 e. The quantitative estimate of drug-likeness (QED) is 0.510. The van der Waals surface area contributed by atoms with Crippen molar-refractivity contribution in [3.05, 3.63) is 65.0 Å². The summed E-state index contributed by atoms with van der Waals surface area (Å²) in [6.45, 7) is 10.8. The molecule has 2 aromatic carbocycles. The Kier molecular flexibility index (Phi) is 7.15. The Bertz CT molecular complexity index is 994. The Morgan fingerprint density at radius 3 is 2.37 bits per heavy atom. The number of hydrogen-bond donors (Lipinski definition) is 1. The highest BCUT2D eigenvalue weighted by Crippen LogP contribution is 2.26. The topological polar surface area (TPSA) is 69.0 Å². The van der Waals surface area contributed by atoms with Crippen LogP contribution in [-0.2, 0) is 11.3 Å². The first-order valence-electron chi connectivity index (χ1n) is 10.0. The van der Waals surface area contributed by atoms with Gasteiger partial charge in [-0.05, 0) is 70.0 Å². The third-order valence-corrected chi connectivity index (χ3v) is 5.57. The number of thioether (sulfide) groups is 1. The molecule has 1 aromatic heterocycles. The summed E-state index contributed by atoms with van der Waals surface area (Å²) in [4.78, 5) is 12.3. The summed E-state index contributed by atoms with van der Waals surface area (Å²) in [5.41, 5.74) is 4.26. The Hall–Kier alpha value is -2.80. The maximum Gasteiger partial charge on any atom is 0.234 e. The van der Waals surface area contributed by atoms with Crippen molar-refractivity contribution in [2.24, 2.45) is 0 Å². The van der Waals surface area contributed by atoms with Crippen LogP contribution in [0.4, 0.5) is 5.69 Å². The minimum atomic E-state index is -0.255. The molecule has 1 unspecified atom stereocenters. The SMILES string of the molecule is CCn1c(SCC(=O)Nc2ccc(C)cc2)nnc1C(C)Oc1cc(C)cc(C)c1. The highest BCUT2D eigenvalue weighted by Gasteiger charge is 2.19. The molecule has 1 atom stereocenters. The molecule has 0 radical (unpaired) electrons. The molecule has 0 aliphatic rings. The van der Waals surface area contributed by atoms with Gasteiger partial charge in [0.25, 0.3) is 0 Å². The summed E-state index contributed by atoms with van der Waals surface area (Å²) < 4.78 is 8.12. The van der Waals surface area contributed by atoms with Gasteiger partial charge in [0, 0.05) is 12.2 Å². The zero-order valence-corrected chi connectivity index (χ0v) is 18.9. The van der Waals surface area contributed by atoms with Crippen molar-refractivity contribution in [1.29, 1.82) is 0 Å². The van der Waals surface area contributed by atoms with Gasteiger partial charge in [-0.3, -0.25) is 4.79 Å². The number of nitrogens with one attached hydrogen (secondary N) is 1. The van der Waals surface area contributed by atoms with Gasteiger partial charge < -0.3 is 14.6 Å². The molecule has 0 saturated carbocycles. The van der Waals surface area contributed by atoms with Gasteiger partial charge in [0.1, 0.15) is 5.75 Å². The summed E-state index contributed by atoms with van der Waals surface area (Å²) in [6.07, 6.45) is -0.255. The lowest BCUT2D eigenvalue weighted by molar-refractivity contribution is -0.113. The molecule has 0 aliphatic carbocycles. The normalized spacial score (nSPS) is 11.9. The van der Waals surface area contributed by atoms with E-state index in [1.54, 1.807) is 0 Å². The van der Waals surface area contributed by atoms with Crippen LogP contribution in [0.1, 0.15) is 42.5 Å². The van der Waals surface area contributed by atoms with E-state index in [0.717, 1.165) is 34.0 Å². The number of hydrogen-bond acceptors (Lipinski definition) is 5. The second kappa shape index (κ2) is 9.80. The van der Waals surface area contributed by atoms with E-state index in [0.29, 0.717) is 11.7 Å². The molecule has 7 heteroatoms. The first-order chi connectivity index (χ1) is 14.4. The lowest BCUT2D eigenvalue weighted by Gasteiger charge is -2.16. The number of rotatable bonds is 8. The summed E-state index contributed by atoms with van der Waals surface area (Å²) in [5.74, 6) is 1.75. The van der Waals surface area contributed by atoms with Gasteiger partial charge >= 0.3 is 0 Å². The van der Waals surface area contributed by atoms with E-state index in [4.69, 9.17) is 4.74 Å². The molecular formula is C23H28N4O2S. The van der Waals surface area contributed by atoms with Crippen LogP contribution >= 0.6 is 11.8 Å². The minimum Gasteiger partial charge on any atom is -0.483 e. The second-order valence-corrected chi connectivity index (χ2v) is 8.31. The number of benzene rings is 2. The summed E-state index contributed by atoms with van der Waals surface area (Å²) in [5, 5.41) is 12.2. The molecule has 3 aromatic rings. The number of ether oxygens (including phenoxy) is 1. The number of anilines is 1. The molecule has 0 aliphatic heterocycles. The largest absolute Gasteiger partial charge is 0.483 e. The summed E-state index contributed by atoms with van der Waals surface area (Å²) >= 11 is 1.37. The van der Waals surface area contributed by atoms with E-state index >= 15 is 0 Å². The molecule has 0 fully saturated rings. The summed E-state index contributed by atoms with van der Waals surface area (Å²) in [7, 11) is 0. The minimum absolute atomic E-state index is 0.0735. The van der Waals surface area contributed by atoms with Crippen LogP contribution in [0.15, 0.2) is 47.6 Å². The number of carbonyl (C=O) groups excluding carboxylic acids is 1. The molecule has 1 heterocycles. The molecule has 158 valence electrons. The average Bonchev–Trinajstić information content (AvgIpc) is 3.10. The fraction of sp³-hybridized carbons (Fsp3) is 0.348. The maximum atomic E-state index is 12.3. The Morgan fingerprint density at radius 2 is 1.73 bits per heavy atom. The molecule has 3 rings (SSSR count). The molecule has 0 bridgehead atoms. The number of carbonyl (C=O) groups is 1. The lowest BCUT2D eigenvalue weighted by Crippen LogP contribution is -2.15. The molecule has 0 saturated heterocycles. The number of aromatic nitrogens is 3. The van der Waals surface area contributed by atoms with Gasteiger partial charge in [-0.15, -0.1) is 10.2 Å². The van der Waals surface area contributed by atoms with Crippen molar-refractivity contribution in [2.45, 2.75) is 52.4 Å².